The van der Waals surface area contributed by atoms with Crippen molar-refractivity contribution in [3.63, 3.8) is 0 Å². The number of benzene rings is 9. The van der Waals surface area contributed by atoms with Crippen LogP contribution in [0.15, 0.2) is 146 Å². The summed E-state index contributed by atoms with van der Waals surface area (Å²) in [4.78, 5) is 4.55. The van der Waals surface area contributed by atoms with Crippen molar-refractivity contribution in [2.45, 2.75) is 134 Å². The van der Waals surface area contributed by atoms with Gasteiger partial charge in [-0.1, -0.05) is 214 Å². The lowest BCUT2D eigenvalue weighted by atomic mass is 9.59. The lowest BCUT2D eigenvalue weighted by Gasteiger charge is -2.44. The normalized spacial score (nSPS) is 17.9. The van der Waals surface area contributed by atoms with E-state index in [1.165, 1.54) is 132 Å². The zero-order chi connectivity index (χ0) is 56.8. The van der Waals surface area contributed by atoms with Gasteiger partial charge >= 0.3 is 0 Å². The highest BCUT2D eigenvalue weighted by atomic mass is 28.3. The van der Waals surface area contributed by atoms with Gasteiger partial charge in [0.2, 0.25) is 0 Å². The van der Waals surface area contributed by atoms with Crippen molar-refractivity contribution in [3.8, 4) is 6.07 Å². The van der Waals surface area contributed by atoms with Crippen LogP contribution in [-0.4, -0.2) is 24.9 Å². The fourth-order valence-electron chi connectivity index (χ4n) is 20.3. The molecule has 6 aliphatic carbocycles. The minimum absolute atomic E-state index is 0.00445. The summed E-state index contributed by atoms with van der Waals surface area (Å²) in [5, 5.41) is 25.2. The van der Waals surface area contributed by atoms with Crippen LogP contribution in [0.1, 0.15) is 172 Å². The molecule has 0 fully saturated rings. The third-order valence-corrected chi connectivity index (χ3v) is 36.7. The van der Waals surface area contributed by atoms with Crippen molar-refractivity contribution in [1.29, 1.82) is 5.26 Å². The highest BCUT2D eigenvalue weighted by molar-refractivity contribution is 6.95. The number of nitriles is 1. The highest BCUT2D eigenvalue weighted by Crippen LogP contribution is 2.63. The van der Waals surface area contributed by atoms with Crippen molar-refractivity contribution < 1.29 is 0 Å². The summed E-state index contributed by atoms with van der Waals surface area (Å²) in [5.74, 6) is 0.00721. The standard InChI is InChI=1S/C77H68N4Si2/c1-13-82(39(2)3,40(4)5)45-31-57-55-35-62-56(36-63(55)81-65-37-61(79-12)73-68-49-24-16-20-28-53(49)70(54-29-21-17-25-50(54)68)75(73)72(65)59(32-45)76(57)81)58-33-46(83(41(6)7,42(8)9)43(10)11)34-60-71-64(80(62)77(58)60)30-44(38-78)66-67-47-22-14-18-26-51(47)69(74(66)71)52-27-19-15-23-48(52)67/h14-37,39-43,67-70H,13H2,1-11H3. The largest absolute Gasteiger partial charge is 0.309 e. The minimum Gasteiger partial charge on any atom is -0.309 e. The molecule has 0 atom stereocenters. The van der Waals surface area contributed by atoms with Crippen LogP contribution in [0.2, 0.25) is 33.7 Å². The van der Waals surface area contributed by atoms with Crippen LogP contribution >= 0.6 is 0 Å². The van der Waals surface area contributed by atoms with Crippen molar-refractivity contribution in [2.24, 2.45) is 0 Å². The summed E-state index contributed by atoms with van der Waals surface area (Å²) in [6, 6.07) is 60.9. The fraction of sp³-hybridized carbons (Fsp3) is 0.273. The highest BCUT2D eigenvalue weighted by Gasteiger charge is 2.49. The molecule has 0 saturated carbocycles. The van der Waals surface area contributed by atoms with E-state index in [0.717, 1.165) is 28.3 Å². The molecule has 13 aromatic rings. The molecule has 6 heteroatoms. The fourth-order valence-corrected chi connectivity index (χ4v) is 32.6. The van der Waals surface area contributed by atoms with Gasteiger partial charge in [0.15, 0.2) is 5.69 Å². The Bertz CT molecular complexity index is 5020. The van der Waals surface area contributed by atoms with E-state index in [1.807, 2.05) is 0 Å². The average molecular weight is 1110 g/mol. The number of hydrogen-bond donors (Lipinski definition) is 0. The van der Waals surface area contributed by atoms with E-state index in [0.29, 0.717) is 27.7 Å². The number of nitrogens with zero attached hydrogens (tertiary/aromatic N) is 4. The van der Waals surface area contributed by atoms with Crippen LogP contribution in [-0.2, 0) is 0 Å². The van der Waals surface area contributed by atoms with Crippen molar-refractivity contribution in [2.75, 3.05) is 0 Å². The summed E-state index contributed by atoms with van der Waals surface area (Å²) in [7, 11) is -4.44. The maximum absolute atomic E-state index is 11.6. The first-order valence-electron chi connectivity index (χ1n) is 30.9. The smallest absolute Gasteiger partial charge is 0.193 e. The van der Waals surface area contributed by atoms with Gasteiger partial charge in [0.1, 0.15) is 0 Å². The monoisotopic (exact) mass is 1100 g/mol. The second kappa shape index (κ2) is 16.6. The number of rotatable bonds is 8. The molecule has 4 aromatic heterocycles. The van der Waals surface area contributed by atoms with Crippen LogP contribution < -0.4 is 10.4 Å². The Morgan fingerprint density at radius 1 is 0.434 bits per heavy atom. The first kappa shape index (κ1) is 49.6. The second-order valence-corrected chi connectivity index (χ2v) is 38.8. The van der Waals surface area contributed by atoms with E-state index in [1.54, 1.807) is 10.4 Å². The molecule has 83 heavy (non-hydrogen) atoms. The third kappa shape index (κ3) is 5.63. The summed E-state index contributed by atoms with van der Waals surface area (Å²) in [6.07, 6.45) is 0. The maximum Gasteiger partial charge on any atom is 0.193 e. The van der Waals surface area contributed by atoms with E-state index in [-0.39, 0.29) is 23.7 Å². The Hall–Kier alpha value is -8.01. The molecule has 0 N–H and O–H groups in total. The van der Waals surface area contributed by atoms with Gasteiger partial charge in [-0.3, -0.25) is 0 Å². The first-order valence-corrected chi connectivity index (χ1v) is 35.5. The van der Waals surface area contributed by atoms with E-state index < -0.39 is 16.1 Å². The van der Waals surface area contributed by atoms with Crippen molar-refractivity contribution in [3.05, 3.63) is 229 Å². The third-order valence-electron chi connectivity index (χ3n) is 23.0. The van der Waals surface area contributed by atoms with Gasteiger partial charge in [-0.15, -0.1) is 0 Å². The summed E-state index contributed by atoms with van der Waals surface area (Å²) in [6.45, 7) is 36.6. The lowest BCUT2D eigenvalue weighted by Crippen LogP contribution is -2.55. The van der Waals surface area contributed by atoms with Gasteiger partial charge < -0.3 is 8.80 Å². The average Bonchev–Trinajstić information content (AvgIpc) is 1.86. The molecule has 19 rings (SSSR count). The summed E-state index contributed by atoms with van der Waals surface area (Å²) >= 11 is 0. The van der Waals surface area contributed by atoms with Crippen LogP contribution in [0.4, 0.5) is 5.69 Å². The topological polar surface area (TPSA) is 37.0 Å². The van der Waals surface area contributed by atoms with Gasteiger partial charge in [-0.2, -0.15) is 5.26 Å². The molecule has 9 aromatic carbocycles. The van der Waals surface area contributed by atoms with Gasteiger partial charge in [-0.05, 0) is 119 Å². The van der Waals surface area contributed by atoms with Crippen LogP contribution in [0, 0.1) is 17.9 Å². The summed E-state index contributed by atoms with van der Waals surface area (Å²) in [5.41, 5.74) is 27.3. The second-order valence-electron chi connectivity index (χ2n) is 27.2. The summed E-state index contributed by atoms with van der Waals surface area (Å²) < 4.78 is 5.23. The Morgan fingerprint density at radius 2 is 0.795 bits per heavy atom. The molecule has 4 heterocycles. The molecule has 404 valence electrons. The van der Waals surface area contributed by atoms with Crippen molar-refractivity contribution in [1.82, 2.24) is 8.80 Å². The predicted molar refractivity (Wildman–Crippen MR) is 353 cm³/mol. The van der Waals surface area contributed by atoms with E-state index >= 15 is 0 Å². The SMILES string of the molecule is [C-]#[N+]c1cc2c(c3c1C1c4ccccc4C3c3ccccc31)c1cc([Si](CC)(C(C)C)C(C)C)cc3c4cc5c(cc4n2c31)c1cc([Si](C(C)C)(C(C)C)C(C)C)cc2c3c4c(c(C#N)cc3n5c12)C1c2ccccc2C4c2ccccc21. The van der Waals surface area contributed by atoms with E-state index in [4.69, 9.17) is 6.57 Å². The molecule has 0 amide bonds. The molecule has 4 bridgehead atoms. The molecule has 0 saturated heterocycles. The van der Waals surface area contributed by atoms with Crippen LogP contribution in [0.5, 0.6) is 0 Å². The first-order chi connectivity index (χ1) is 40.2. The molecular formula is C77H68N4Si2. The minimum atomic E-state index is -2.27. The van der Waals surface area contributed by atoms with Gasteiger partial charge in [0, 0.05) is 72.3 Å². The van der Waals surface area contributed by atoms with Crippen LogP contribution in [0.3, 0.4) is 0 Å². The van der Waals surface area contributed by atoms with Gasteiger partial charge in [-0.25, -0.2) is 4.85 Å². The van der Waals surface area contributed by atoms with E-state index in [2.05, 4.69) is 241 Å². The molecule has 0 spiro atoms. The van der Waals surface area contributed by atoms with E-state index in [9.17, 15) is 5.26 Å². The van der Waals surface area contributed by atoms with Crippen molar-refractivity contribution >= 4 is 108 Å². The predicted octanol–water partition coefficient (Wildman–Crippen LogP) is 19.8. The molecular weight excluding hydrogens is 1040 g/mol. The van der Waals surface area contributed by atoms with Gasteiger partial charge in [0.05, 0.1) is 61.9 Å². The molecule has 6 aliphatic rings. The van der Waals surface area contributed by atoms with Crippen LogP contribution in [0.25, 0.3) is 81.0 Å². The quantitative estimate of drug-likeness (QED) is 0.110. The Morgan fingerprint density at radius 3 is 1.18 bits per heavy atom. The zero-order valence-corrected chi connectivity index (χ0v) is 51.5. The molecule has 0 unspecified atom stereocenters. The Labute approximate surface area is 488 Å². The Balaban J connectivity index is 1.07. The Kier molecular flexibility index (Phi) is 9.93. The molecule has 0 radical (unpaired) electrons. The maximum atomic E-state index is 11.6. The zero-order valence-electron chi connectivity index (χ0n) is 49.5. The lowest BCUT2D eigenvalue weighted by molar-refractivity contribution is 0.759. The number of hydrogen-bond acceptors (Lipinski definition) is 1. The van der Waals surface area contributed by atoms with Gasteiger partial charge in [0.25, 0.3) is 0 Å². The number of fused-ring (bicyclic) bond motifs is 12. The molecule has 4 nitrogen and oxygen atoms in total. The molecule has 0 aliphatic heterocycles. The number of aromatic nitrogens is 2.